The van der Waals surface area contributed by atoms with Crippen molar-refractivity contribution in [3.05, 3.63) is 63.6 Å². The smallest absolute Gasteiger partial charge is 0.254 e. The number of amides is 2. The van der Waals surface area contributed by atoms with Crippen LogP contribution in [0.25, 0.3) is 0 Å². The van der Waals surface area contributed by atoms with E-state index in [1.54, 1.807) is 25.1 Å². The summed E-state index contributed by atoms with van der Waals surface area (Å²) in [4.78, 5) is 29.2. The first kappa shape index (κ1) is 21.7. The zero-order valence-corrected chi connectivity index (χ0v) is 18.2. The number of para-hydroxylation sites is 1. The third-order valence-corrected chi connectivity index (χ3v) is 6.03. The second-order valence-corrected chi connectivity index (χ2v) is 8.24. The van der Waals surface area contributed by atoms with Crippen LogP contribution >= 0.6 is 23.2 Å². The topological polar surface area (TPSA) is 40.6 Å². The highest BCUT2D eigenvalue weighted by Crippen LogP contribution is 2.27. The lowest BCUT2D eigenvalue weighted by atomic mass is 10.1. The van der Waals surface area contributed by atoms with Gasteiger partial charge in [-0.2, -0.15) is 0 Å². The summed E-state index contributed by atoms with van der Waals surface area (Å²) in [5, 5.41) is 0.800. The van der Waals surface area contributed by atoms with Crippen LogP contribution in [0.2, 0.25) is 10.0 Å². The van der Waals surface area contributed by atoms with Gasteiger partial charge in [0.15, 0.2) is 0 Å². The normalized spacial score (nSPS) is 15.8. The lowest BCUT2D eigenvalue weighted by molar-refractivity contribution is -0.116. The van der Waals surface area contributed by atoms with Gasteiger partial charge in [-0.1, -0.05) is 60.7 Å². The van der Waals surface area contributed by atoms with Crippen molar-refractivity contribution < 1.29 is 9.59 Å². The molecular formula is C23H26Cl2N2O2. The van der Waals surface area contributed by atoms with Crippen LogP contribution in [0.3, 0.4) is 0 Å². The number of rotatable bonds is 1. The highest BCUT2D eigenvalue weighted by molar-refractivity contribution is 6.42. The molecule has 3 rings (SSSR count). The predicted octanol–water partition coefficient (Wildman–Crippen LogP) is 5.95. The van der Waals surface area contributed by atoms with Crippen molar-refractivity contribution in [3.8, 4) is 0 Å². The van der Waals surface area contributed by atoms with Crippen LogP contribution in [0, 0.1) is 0 Å². The minimum absolute atomic E-state index is 0.0249. The Morgan fingerprint density at radius 3 is 2.28 bits per heavy atom. The number of anilines is 1. The molecule has 0 fully saturated rings. The van der Waals surface area contributed by atoms with E-state index in [1.165, 1.54) is 0 Å². The summed E-state index contributed by atoms with van der Waals surface area (Å²) in [6.45, 7) is 3.40. The Kier molecular flexibility index (Phi) is 7.57. The van der Waals surface area contributed by atoms with Gasteiger partial charge in [-0.25, -0.2) is 0 Å². The van der Waals surface area contributed by atoms with E-state index >= 15 is 0 Å². The van der Waals surface area contributed by atoms with Gasteiger partial charge < -0.3 is 9.80 Å². The Morgan fingerprint density at radius 1 is 0.862 bits per heavy atom. The van der Waals surface area contributed by atoms with Crippen LogP contribution in [-0.4, -0.2) is 29.8 Å². The largest absolute Gasteiger partial charge is 0.334 e. The number of benzene rings is 2. The van der Waals surface area contributed by atoms with Crippen LogP contribution in [0.4, 0.5) is 5.69 Å². The zero-order chi connectivity index (χ0) is 20.8. The number of carbonyl (C=O) groups excluding carboxylic acids is 2. The minimum Gasteiger partial charge on any atom is -0.334 e. The summed E-state index contributed by atoms with van der Waals surface area (Å²) < 4.78 is 0. The Balaban J connectivity index is 1.94. The Morgan fingerprint density at radius 2 is 1.55 bits per heavy atom. The average molecular weight is 433 g/mol. The second kappa shape index (κ2) is 10.1. The molecule has 2 aromatic rings. The quantitative estimate of drug-likeness (QED) is 0.558. The van der Waals surface area contributed by atoms with E-state index in [1.807, 2.05) is 34.1 Å². The van der Waals surface area contributed by atoms with E-state index in [4.69, 9.17) is 23.2 Å². The van der Waals surface area contributed by atoms with Crippen molar-refractivity contribution >= 4 is 40.7 Å². The summed E-state index contributed by atoms with van der Waals surface area (Å²) in [6, 6.07) is 12.8. The Bertz CT molecular complexity index is 885. The van der Waals surface area contributed by atoms with E-state index in [-0.39, 0.29) is 11.8 Å². The molecule has 2 amide bonds. The minimum atomic E-state index is -0.0789. The van der Waals surface area contributed by atoms with E-state index in [2.05, 4.69) is 0 Å². The van der Waals surface area contributed by atoms with Gasteiger partial charge in [0.05, 0.1) is 10.0 Å². The fraction of sp³-hybridized carbons (Fsp3) is 0.391. The van der Waals surface area contributed by atoms with Gasteiger partial charge in [0, 0.05) is 37.8 Å². The molecule has 0 radical (unpaired) electrons. The van der Waals surface area contributed by atoms with Crippen molar-refractivity contribution in [3.63, 3.8) is 0 Å². The van der Waals surface area contributed by atoms with Crippen LogP contribution in [0.1, 0.15) is 54.9 Å². The summed E-state index contributed by atoms with van der Waals surface area (Å²) in [7, 11) is 0. The van der Waals surface area contributed by atoms with Crippen molar-refractivity contribution in [1.29, 1.82) is 0 Å². The highest BCUT2D eigenvalue weighted by atomic mass is 35.5. The van der Waals surface area contributed by atoms with Gasteiger partial charge in [-0.15, -0.1) is 0 Å². The molecule has 0 aliphatic carbocycles. The van der Waals surface area contributed by atoms with E-state index < -0.39 is 0 Å². The van der Waals surface area contributed by atoms with Gasteiger partial charge in [0.2, 0.25) is 5.91 Å². The van der Waals surface area contributed by atoms with Gasteiger partial charge in [-0.3, -0.25) is 9.59 Å². The molecule has 1 aliphatic rings. The monoisotopic (exact) mass is 432 g/mol. The number of carbonyl (C=O) groups is 2. The van der Waals surface area contributed by atoms with Crippen molar-refractivity contribution in [2.75, 3.05) is 18.0 Å². The molecule has 0 spiro atoms. The van der Waals surface area contributed by atoms with Crippen LogP contribution in [0.15, 0.2) is 42.5 Å². The Labute approximate surface area is 182 Å². The molecular weight excluding hydrogens is 407 g/mol. The number of halogens is 2. The predicted molar refractivity (Wildman–Crippen MR) is 119 cm³/mol. The summed E-state index contributed by atoms with van der Waals surface area (Å²) >= 11 is 12.1. The number of hydrogen-bond donors (Lipinski definition) is 0. The SMILES string of the molecule is CC(=O)N1CCCCCCCN(C(=O)c2ccc(Cl)c(Cl)c2)Cc2ccccc21. The van der Waals surface area contributed by atoms with Crippen LogP contribution in [0.5, 0.6) is 0 Å². The molecule has 1 aliphatic heterocycles. The summed E-state index contributed by atoms with van der Waals surface area (Å²) in [6.07, 6.45) is 5.17. The molecule has 2 aromatic carbocycles. The molecule has 6 heteroatoms. The van der Waals surface area contributed by atoms with Crippen LogP contribution < -0.4 is 4.90 Å². The molecule has 1 heterocycles. The first-order valence-electron chi connectivity index (χ1n) is 10.1. The first-order valence-corrected chi connectivity index (χ1v) is 10.8. The fourth-order valence-electron chi connectivity index (χ4n) is 3.73. The third-order valence-electron chi connectivity index (χ3n) is 5.29. The maximum atomic E-state index is 13.2. The highest BCUT2D eigenvalue weighted by Gasteiger charge is 2.21. The molecule has 4 nitrogen and oxygen atoms in total. The number of nitrogens with zero attached hydrogens (tertiary/aromatic N) is 2. The van der Waals surface area contributed by atoms with Crippen LogP contribution in [-0.2, 0) is 11.3 Å². The third kappa shape index (κ3) is 5.52. The van der Waals surface area contributed by atoms with E-state index in [0.717, 1.165) is 43.4 Å². The molecule has 0 saturated heterocycles. The van der Waals surface area contributed by atoms with Gasteiger partial charge >= 0.3 is 0 Å². The van der Waals surface area contributed by atoms with Gasteiger partial charge in [0.25, 0.3) is 5.91 Å². The fourth-order valence-corrected chi connectivity index (χ4v) is 4.03. The van der Waals surface area contributed by atoms with Gasteiger partial charge in [0.1, 0.15) is 0 Å². The average Bonchev–Trinajstić information content (AvgIpc) is 2.70. The first-order chi connectivity index (χ1) is 14.0. The molecule has 0 aromatic heterocycles. The van der Waals surface area contributed by atoms with Gasteiger partial charge in [-0.05, 0) is 42.7 Å². The number of hydrogen-bond acceptors (Lipinski definition) is 2. The molecule has 154 valence electrons. The molecule has 0 N–H and O–H groups in total. The lowest BCUT2D eigenvalue weighted by Crippen LogP contribution is -2.34. The molecule has 0 unspecified atom stereocenters. The molecule has 29 heavy (non-hydrogen) atoms. The number of fused-ring (bicyclic) bond motifs is 1. The maximum absolute atomic E-state index is 13.2. The molecule has 0 saturated carbocycles. The van der Waals surface area contributed by atoms with Crippen molar-refractivity contribution in [2.24, 2.45) is 0 Å². The van der Waals surface area contributed by atoms with Crippen molar-refractivity contribution in [1.82, 2.24) is 4.90 Å². The standard InChI is InChI=1S/C23H26Cl2N2O2/c1-17(28)27-14-8-4-2-3-7-13-26(16-19-9-5-6-10-22(19)27)23(29)18-11-12-20(24)21(25)15-18/h5-6,9-12,15H,2-4,7-8,13-14,16H2,1H3. The maximum Gasteiger partial charge on any atom is 0.254 e. The summed E-state index contributed by atoms with van der Waals surface area (Å²) in [5.74, 6) is -0.0540. The van der Waals surface area contributed by atoms with E-state index in [0.29, 0.717) is 35.2 Å². The van der Waals surface area contributed by atoms with E-state index in [9.17, 15) is 9.59 Å². The Hall–Kier alpha value is -2.04. The molecule has 0 bridgehead atoms. The summed E-state index contributed by atoms with van der Waals surface area (Å²) in [5.41, 5.74) is 2.37. The molecule has 0 atom stereocenters. The lowest BCUT2D eigenvalue weighted by Gasteiger charge is -2.29. The van der Waals surface area contributed by atoms with Crippen molar-refractivity contribution in [2.45, 2.75) is 45.6 Å². The second-order valence-electron chi connectivity index (χ2n) is 7.42. The zero-order valence-electron chi connectivity index (χ0n) is 16.7.